The Morgan fingerprint density at radius 3 is 2.33 bits per heavy atom. The lowest BCUT2D eigenvalue weighted by molar-refractivity contribution is 0.260. The summed E-state index contributed by atoms with van der Waals surface area (Å²) < 4.78 is 29.6. The second-order valence-corrected chi connectivity index (χ2v) is 7.94. The van der Waals surface area contributed by atoms with Gasteiger partial charge in [-0.05, 0) is 31.9 Å². The molecule has 0 atom stereocenters. The van der Waals surface area contributed by atoms with Crippen molar-refractivity contribution in [3.05, 3.63) is 30.3 Å². The first-order valence-electron chi connectivity index (χ1n) is 5.91. The third-order valence-electron chi connectivity index (χ3n) is 3.25. The summed E-state index contributed by atoms with van der Waals surface area (Å²) in [6, 6.07) is 8.54. The minimum absolute atomic E-state index is 0.336. The zero-order chi connectivity index (χ0) is 13.2. The summed E-state index contributed by atoms with van der Waals surface area (Å²) in [5.74, 6) is 0. The van der Waals surface area contributed by atoms with Gasteiger partial charge in [0.25, 0.3) is 0 Å². The van der Waals surface area contributed by atoms with Crippen molar-refractivity contribution in [2.45, 2.75) is 30.2 Å². The van der Waals surface area contributed by atoms with Crippen LogP contribution >= 0.6 is 22.9 Å². The maximum absolute atomic E-state index is 12.3. The summed E-state index contributed by atoms with van der Waals surface area (Å²) in [5, 5.41) is 0. The Hall–Kier alpha value is -0.180. The van der Waals surface area contributed by atoms with Gasteiger partial charge in [-0.15, -0.1) is 0 Å². The van der Waals surface area contributed by atoms with E-state index in [4.69, 9.17) is 0 Å². The zero-order valence-electron chi connectivity index (χ0n) is 10.3. The Kier molecular flexibility index (Phi) is 4.30. The molecule has 100 valence electrons. The van der Waals surface area contributed by atoms with Crippen LogP contribution in [-0.2, 0) is 10.0 Å². The van der Waals surface area contributed by atoms with Crippen LogP contribution in [0.2, 0.25) is 0 Å². The molecule has 2 rings (SSSR count). The van der Waals surface area contributed by atoms with Gasteiger partial charge < -0.3 is 0 Å². The quantitative estimate of drug-likeness (QED) is 0.646. The number of halogens is 1. The number of piperidine rings is 1. The topological polar surface area (TPSA) is 49.4 Å². The predicted octanol–water partition coefficient (Wildman–Crippen LogP) is 2.17. The molecule has 0 bridgehead atoms. The molecular weight excluding hydrogens is 363 g/mol. The zero-order valence-corrected chi connectivity index (χ0v) is 13.2. The molecule has 1 aromatic rings. The molecule has 4 nitrogen and oxygen atoms in total. The SMILES string of the molecule is CC1(NS(=O)(=O)c2ccccc2)CCN(I)CC1. The fraction of sp³-hybridized carbons (Fsp3) is 0.500. The summed E-state index contributed by atoms with van der Waals surface area (Å²) in [5.41, 5.74) is -0.337. The molecule has 0 radical (unpaired) electrons. The first-order valence-corrected chi connectivity index (χ1v) is 8.36. The van der Waals surface area contributed by atoms with Crippen molar-refractivity contribution >= 4 is 32.9 Å². The van der Waals surface area contributed by atoms with Crippen molar-refractivity contribution < 1.29 is 8.42 Å². The van der Waals surface area contributed by atoms with Gasteiger partial charge in [0.2, 0.25) is 10.0 Å². The average molecular weight is 380 g/mol. The molecule has 0 aromatic heterocycles. The van der Waals surface area contributed by atoms with E-state index in [0.717, 1.165) is 25.9 Å². The molecule has 1 N–H and O–H groups in total. The summed E-state index contributed by atoms with van der Waals surface area (Å²) in [7, 11) is -3.41. The molecule has 0 aliphatic carbocycles. The van der Waals surface area contributed by atoms with E-state index in [0.29, 0.717) is 4.90 Å². The van der Waals surface area contributed by atoms with E-state index in [2.05, 4.69) is 30.7 Å². The first kappa shape index (κ1) is 14.2. The molecule has 1 aliphatic heterocycles. The van der Waals surface area contributed by atoms with E-state index in [1.54, 1.807) is 24.3 Å². The van der Waals surface area contributed by atoms with Crippen LogP contribution in [0.4, 0.5) is 0 Å². The van der Waals surface area contributed by atoms with Crippen LogP contribution in [0, 0.1) is 0 Å². The summed E-state index contributed by atoms with van der Waals surface area (Å²) in [6.45, 7) is 3.81. The maximum atomic E-state index is 12.3. The summed E-state index contributed by atoms with van der Waals surface area (Å²) in [4.78, 5) is 0.336. The molecule has 18 heavy (non-hydrogen) atoms. The van der Waals surface area contributed by atoms with Crippen LogP contribution < -0.4 is 4.72 Å². The highest BCUT2D eigenvalue weighted by Gasteiger charge is 2.33. The van der Waals surface area contributed by atoms with Gasteiger partial charge in [0.1, 0.15) is 0 Å². The van der Waals surface area contributed by atoms with Crippen molar-refractivity contribution in [2.24, 2.45) is 0 Å². The Morgan fingerprint density at radius 1 is 1.22 bits per heavy atom. The predicted molar refractivity (Wildman–Crippen MR) is 80.0 cm³/mol. The summed E-state index contributed by atoms with van der Waals surface area (Å²) >= 11 is 2.28. The second-order valence-electron chi connectivity index (χ2n) is 4.89. The normalized spacial score (nSPS) is 20.8. The molecule has 1 heterocycles. The molecule has 1 saturated heterocycles. The van der Waals surface area contributed by atoms with Gasteiger partial charge in [0.15, 0.2) is 0 Å². The van der Waals surface area contributed by atoms with Crippen molar-refractivity contribution in [3.63, 3.8) is 0 Å². The molecule has 0 saturated carbocycles. The maximum Gasteiger partial charge on any atom is 0.241 e. The molecule has 0 unspecified atom stereocenters. The van der Waals surface area contributed by atoms with Crippen molar-refractivity contribution in [1.82, 2.24) is 7.84 Å². The van der Waals surface area contributed by atoms with Crippen LogP contribution in [0.1, 0.15) is 19.8 Å². The highest BCUT2D eigenvalue weighted by Crippen LogP contribution is 2.25. The lowest BCUT2D eigenvalue weighted by atomic mass is 9.92. The third kappa shape index (κ3) is 3.43. The number of hydrogen-bond donors (Lipinski definition) is 1. The van der Waals surface area contributed by atoms with E-state index in [9.17, 15) is 8.42 Å². The molecule has 6 heteroatoms. The van der Waals surface area contributed by atoms with Crippen LogP contribution in [-0.4, -0.2) is 30.2 Å². The van der Waals surface area contributed by atoms with E-state index in [1.807, 2.05) is 13.0 Å². The Labute approximate surface area is 122 Å². The second kappa shape index (κ2) is 5.44. The molecule has 0 spiro atoms. The van der Waals surface area contributed by atoms with Gasteiger partial charge in [0, 0.05) is 41.5 Å². The van der Waals surface area contributed by atoms with Crippen LogP contribution in [0.5, 0.6) is 0 Å². The largest absolute Gasteiger partial charge is 0.247 e. The fourth-order valence-electron chi connectivity index (χ4n) is 2.06. The number of benzene rings is 1. The minimum atomic E-state index is -3.41. The van der Waals surface area contributed by atoms with Gasteiger partial charge >= 0.3 is 0 Å². The number of nitrogens with zero attached hydrogens (tertiary/aromatic N) is 1. The highest BCUT2D eigenvalue weighted by atomic mass is 127. The van der Waals surface area contributed by atoms with Gasteiger partial charge in [-0.3, -0.25) is 0 Å². The number of nitrogens with one attached hydrogen (secondary N) is 1. The van der Waals surface area contributed by atoms with Crippen LogP contribution in [0.25, 0.3) is 0 Å². The number of rotatable bonds is 3. The standard InChI is InChI=1S/C12H17IN2O2S/c1-12(7-9-15(13)10-8-12)14-18(16,17)11-5-3-2-4-6-11/h2-6,14H,7-10H2,1H3. The molecular formula is C12H17IN2O2S. The highest BCUT2D eigenvalue weighted by molar-refractivity contribution is 14.1. The Balaban J connectivity index is 2.14. The van der Waals surface area contributed by atoms with Gasteiger partial charge in [-0.2, -0.15) is 0 Å². The molecule has 0 amide bonds. The Bertz CT molecular complexity index is 496. The first-order chi connectivity index (χ1) is 8.41. The Morgan fingerprint density at radius 2 is 1.78 bits per heavy atom. The lowest BCUT2D eigenvalue weighted by Gasteiger charge is -2.37. The van der Waals surface area contributed by atoms with Crippen molar-refractivity contribution in [2.75, 3.05) is 13.1 Å². The number of hydrogen-bond acceptors (Lipinski definition) is 3. The van der Waals surface area contributed by atoms with Crippen LogP contribution in [0.3, 0.4) is 0 Å². The van der Waals surface area contributed by atoms with E-state index in [1.165, 1.54) is 0 Å². The molecule has 1 aliphatic rings. The lowest BCUT2D eigenvalue weighted by Crippen LogP contribution is -2.51. The van der Waals surface area contributed by atoms with Crippen molar-refractivity contribution in [1.29, 1.82) is 0 Å². The third-order valence-corrected chi connectivity index (χ3v) is 5.87. The number of sulfonamides is 1. The van der Waals surface area contributed by atoms with Gasteiger partial charge in [-0.25, -0.2) is 16.3 Å². The van der Waals surface area contributed by atoms with E-state index in [-0.39, 0.29) is 5.54 Å². The van der Waals surface area contributed by atoms with Gasteiger partial charge in [-0.1, -0.05) is 18.2 Å². The average Bonchev–Trinajstić information content (AvgIpc) is 2.34. The van der Waals surface area contributed by atoms with Crippen molar-refractivity contribution in [3.8, 4) is 0 Å². The van der Waals surface area contributed by atoms with E-state index < -0.39 is 10.0 Å². The smallest absolute Gasteiger partial charge is 0.241 e. The molecule has 1 aromatic carbocycles. The summed E-state index contributed by atoms with van der Waals surface area (Å²) in [6.07, 6.45) is 1.67. The fourth-order valence-corrected chi connectivity index (χ4v) is 4.03. The van der Waals surface area contributed by atoms with Gasteiger partial charge in [0.05, 0.1) is 4.90 Å². The monoisotopic (exact) mass is 380 g/mol. The van der Waals surface area contributed by atoms with Crippen LogP contribution in [0.15, 0.2) is 35.2 Å². The molecule has 1 fully saturated rings. The van der Waals surface area contributed by atoms with E-state index >= 15 is 0 Å². The minimum Gasteiger partial charge on any atom is -0.247 e.